The highest BCUT2D eigenvalue weighted by atomic mass is 16.5. The molecule has 0 N–H and O–H groups in total. The summed E-state index contributed by atoms with van der Waals surface area (Å²) in [6.07, 6.45) is 0. The summed E-state index contributed by atoms with van der Waals surface area (Å²) >= 11 is 0. The number of esters is 2. The Morgan fingerprint density at radius 3 is 1.11 bits per heavy atom. The highest BCUT2D eigenvalue weighted by Crippen LogP contribution is 2.25. The third kappa shape index (κ3) is 11.1. The third-order valence-electron chi connectivity index (χ3n) is 8.72. The summed E-state index contributed by atoms with van der Waals surface area (Å²) in [5.74, 6) is -0.0368. The van der Waals surface area contributed by atoms with E-state index in [2.05, 4.69) is 113 Å². The van der Waals surface area contributed by atoms with Crippen molar-refractivity contribution in [2.75, 3.05) is 0 Å². The number of benzene rings is 7. The van der Waals surface area contributed by atoms with E-state index in [0.717, 1.165) is 11.1 Å². The summed E-state index contributed by atoms with van der Waals surface area (Å²) in [7, 11) is 0. The summed E-state index contributed by atoms with van der Waals surface area (Å²) in [4.78, 5) is 24.4. The predicted molar refractivity (Wildman–Crippen MR) is 218 cm³/mol. The van der Waals surface area contributed by atoms with Crippen LogP contribution in [0, 0.1) is 48.5 Å². The van der Waals surface area contributed by atoms with Crippen LogP contribution in [0.4, 0.5) is 0 Å². The first-order valence-corrected chi connectivity index (χ1v) is 17.7. The van der Waals surface area contributed by atoms with Crippen molar-refractivity contribution < 1.29 is 19.1 Å². The fraction of sp³-hybridized carbons (Fsp3) is 0.143. The van der Waals surface area contributed by atoms with E-state index in [1.54, 1.807) is 49.4 Å². The van der Waals surface area contributed by atoms with Gasteiger partial charge >= 0.3 is 11.9 Å². The van der Waals surface area contributed by atoms with Gasteiger partial charge in [0.25, 0.3) is 0 Å². The van der Waals surface area contributed by atoms with Gasteiger partial charge in [0.1, 0.15) is 11.5 Å². The summed E-state index contributed by atoms with van der Waals surface area (Å²) in [5, 5.41) is 2.67. The molecule has 0 amide bonds. The van der Waals surface area contributed by atoms with Crippen LogP contribution in [0.1, 0.15) is 59.7 Å². The lowest BCUT2D eigenvalue weighted by atomic mass is 10.0. The van der Waals surface area contributed by atoms with Gasteiger partial charge in [-0.2, -0.15) is 0 Å². The molecule has 0 aliphatic heterocycles. The number of carbonyl (C=O) groups excluding carboxylic acids is 2. The number of rotatable bonds is 5. The zero-order valence-electron chi connectivity index (χ0n) is 31.6. The molecular formula is C49H46O4. The van der Waals surface area contributed by atoms with Gasteiger partial charge in [-0.1, -0.05) is 143 Å². The van der Waals surface area contributed by atoms with Crippen LogP contribution in [0.15, 0.2) is 152 Å². The number of hydrogen-bond donors (Lipinski definition) is 0. The first kappa shape index (κ1) is 38.0. The van der Waals surface area contributed by atoms with E-state index in [4.69, 9.17) is 9.47 Å². The van der Waals surface area contributed by atoms with E-state index < -0.39 is 11.9 Å². The molecule has 0 aliphatic carbocycles. The van der Waals surface area contributed by atoms with Gasteiger partial charge in [0.05, 0.1) is 11.1 Å². The minimum absolute atomic E-state index is 0.396. The maximum absolute atomic E-state index is 12.2. The molecule has 0 aliphatic rings. The smallest absolute Gasteiger partial charge is 0.343 e. The molecule has 0 unspecified atom stereocenters. The van der Waals surface area contributed by atoms with E-state index in [9.17, 15) is 9.59 Å². The molecule has 4 nitrogen and oxygen atoms in total. The van der Waals surface area contributed by atoms with Crippen molar-refractivity contribution >= 4 is 22.7 Å². The van der Waals surface area contributed by atoms with Gasteiger partial charge in [0.15, 0.2) is 0 Å². The summed E-state index contributed by atoms with van der Waals surface area (Å²) in [6.45, 7) is 14.2. The van der Waals surface area contributed by atoms with Crippen LogP contribution in [-0.2, 0) is 0 Å². The standard InChI is InChI=1S/C23H20O4.C14H14.C12H12/c1-15-4-8-18(9-5-15)22(24)26-20-12-13-21(17(3)14-20)27-23(25)19-10-6-16(2)7-11-19;1-11-3-7-13(8-4-11)14-9-5-12(2)6-10-14;1-9-3-5-12-8-10(2)4-6-11(12)7-9/h4-14H,1-3H3;3-10H,1-2H3;3-8H,1-2H3. The van der Waals surface area contributed by atoms with Crippen LogP contribution in [0.25, 0.3) is 21.9 Å². The van der Waals surface area contributed by atoms with Crippen molar-refractivity contribution in [3.8, 4) is 22.6 Å². The van der Waals surface area contributed by atoms with Gasteiger partial charge in [-0.25, -0.2) is 9.59 Å². The average molecular weight is 699 g/mol. The second kappa shape index (κ2) is 17.8. The maximum atomic E-state index is 12.2. The largest absolute Gasteiger partial charge is 0.423 e. The van der Waals surface area contributed by atoms with Crippen molar-refractivity contribution in [3.05, 3.63) is 202 Å². The first-order valence-electron chi connectivity index (χ1n) is 17.7. The van der Waals surface area contributed by atoms with Gasteiger partial charge in [-0.3, -0.25) is 0 Å². The first-order chi connectivity index (χ1) is 25.4. The molecule has 0 aromatic heterocycles. The molecule has 7 aromatic rings. The third-order valence-corrected chi connectivity index (χ3v) is 8.72. The summed E-state index contributed by atoms with van der Waals surface area (Å²) in [6, 6.07) is 49.6. The van der Waals surface area contributed by atoms with E-state index in [0.29, 0.717) is 28.2 Å². The minimum Gasteiger partial charge on any atom is -0.423 e. The van der Waals surface area contributed by atoms with Gasteiger partial charge in [-0.05, 0) is 118 Å². The summed E-state index contributed by atoms with van der Waals surface area (Å²) in [5.41, 5.74) is 11.6. The lowest BCUT2D eigenvalue weighted by Crippen LogP contribution is -2.10. The molecule has 0 saturated carbocycles. The lowest BCUT2D eigenvalue weighted by molar-refractivity contribution is 0.0718. The quantitative estimate of drug-likeness (QED) is 0.133. The van der Waals surface area contributed by atoms with Crippen molar-refractivity contribution in [2.45, 2.75) is 48.5 Å². The van der Waals surface area contributed by atoms with Crippen LogP contribution >= 0.6 is 0 Å². The molecular weight excluding hydrogens is 653 g/mol. The number of ether oxygens (including phenoxy) is 2. The molecule has 0 saturated heterocycles. The SMILES string of the molecule is Cc1ccc(-c2ccc(C)cc2)cc1.Cc1ccc(C(=O)Oc2ccc(OC(=O)c3ccc(C)cc3)c(C)c2)cc1.Cc1ccc2cc(C)ccc2c1. The Labute approximate surface area is 313 Å². The fourth-order valence-electron chi connectivity index (χ4n) is 5.48. The van der Waals surface area contributed by atoms with Crippen LogP contribution in [0.2, 0.25) is 0 Å². The zero-order chi connectivity index (χ0) is 37.9. The van der Waals surface area contributed by atoms with E-state index in [1.165, 1.54) is 44.2 Å². The van der Waals surface area contributed by atoms with E-state index in [-0.39, 0.29) is 0 Å². The molecule has 7 rings (SSSR count). The Kier molecular flexibility index (Phi) is 12.7. The highest BCUT2D eigenvalue weighted by molar-refractivity contribution is 5.92. The monoisotopic (exact) mass is 698 g/mol. The van der Waals surface area contributed by atoms with Crippen LogP contribution in [0.5, 0.6) is 11.5 Å². The molecule has 4 heteroatoms. The van der Waals surface area contributed by atoms with Gasteiger partial charge in [0, 0.05) is 0 Å². The second-order valence-corrected chi connectivity index (χ2v) is 13.5. The Balaban J connectivity index is 0.000000173. The molecule has 266 valence electrons. The van der Waals surface area contributed by atoms with E-state index in [1.807, 2.05) is 38.1 Å². The van der Waals surface area contributed by atoms with Crippen LogP contribution < -0.4 is 9.47 Å². The molecule has 0 radical (unpaired) electrons. The molecule has 0 heterocycles. The highest BCUT2D eigenvalue weighted by Gasteiger charge is 2.13. The van der Waals surface area contributed by atoms with Gasteiger partial charge in [-0.15, -0.1) is 0 Å². The topological polar surface area (TPSA) is 52.6 Å². The number of aryl methyl sites for hydroxylation is 7. The number of fused-ring (bicyclic) bond motifs is 1. The summed E-state index contributed by atoms with van der Waals surface area (Å²) < 4.78 is 10.8. The van der Waals surface area contributed by atoms with Gasteiger partial charge in [0.2, 0.25) is 0 Å². The average Bonchev–Trinajstić information content (AvgIpc) is 3.14. The number of hydrogen-bond acceptors (Lipinski definition) is 4. The Morgan fingerprint density at radius 1 is 0.358 bits per heavy atom. The predicted octanol–water partition coefficient (Wildman–Crippen LogP) is 12.5. The van der Waals surface area contributed by atoms with Crippen molar-refractivity contribution in [1.82, 2.24) is 0 Å². The molecule has 0 spiro atoms. The van der Waals surface area contributed by atoms with Crippen LogP contribution in [0.3, 0.4) is 0 Å². The Morgan fingerprint density at radius 2 is 0.717 bits per heavy atom. The van der Waals surface area contributed by atoms with Crippen molar-refractivity contribution in [1.29, 1.82) is 0 Å². The normalized spacial score (nSPS) is 10.3. The van der Waals surface area contributed by atoms with Gasteiger partial charge < -0.3 is 9.47 Å². The van der Waals surface area contributed by atoms with Crippen molar-refractivity contribution in [2.24, 2.45) is 0 Å². The fourth-order valence-corrected chi connectivity index (χ4v) is 5.48. The Hall–Kier alpha value is -6.26. The Bertz CT molecular complexity index is 2210. The molecule has 7 aromatic carbocycles. The maximum Gasteiger partial charge on any atom is 0.343 e. The van der Waals surface area contributed by atoms with Crippen LogP contribution in [-0.4, -0.2) is 11.9 Å². The zero-order valence-corrected chi connectivity index (χ0v) is 31.6. The lowest BCUT2D eigenvalue weighted by Gasteiger charge is -2.10. The molecule has 0 bridgehead atoms. The molecule has 53 heavy (non-hydrogen) atoms. The van der Waals surface area contributed by atoms with Crippen molar-refractivity contribution in [3.63, 3.8) is 0 Å². The minimum atomic E-state index is -0.432. The van der Waals surface area contributed by atoms with E-state index >= 15 is 0 Å². The second-order valence-electron chi connectivity index (χ2n) is 13.5. The number of carbonyl (C=O) groups is 2. The molecule has 0 atom stereocenters. The molecule has 0 fully saturated rings.